The van der Waals surface area contributed by atoms with Crippen LogP contribution in [0.1, 0.15) is 28.4 Å². The van der Waals surface area contributed by atoms with Crippen LogP contribution in [-0.2, 0) is 0 Å². The summed E-state index contributed by atoms with van der Waals surface area (Å²) < 4.78 is 0. The van der Waals surface area contributed by atoms with Crippen LogP contribution >= 0.6 is 0 Å². The Kier molecular flexibility index (Phi) is 3.53. The standard InChI is InChI=1S/C15H17N5O/c16-6-5-10-9-20(12-4-2-1-3-11(10)12)15-13(14(17)21)18-7-8-19-15/h1-4,7-8,10H,5-6,9,16H2,(H2,17,21). The molecule has 6 heteroatoms. The summed E-state index contributed by atoms with van der Waals surface area (Å²) in [7, 11) is 0. The highest BCUT2D eigenvalue weighted by Crippen LogP contribution is 2.41. The highest BCUT2D eigenvalue weighted by molar-refractivity contribution is 5.96. The van der Waals surface area contributed by atoms with Gasteiger partial charge in [-0.3, -0.25) is 4.79 Å². The van der Waals surface area contributed by atoms with Crippen molar-refractivity contribution in [3.8, 4) is 0 Å². The van der Waals surface area contributed by atoms with Crippen LogP contribution in [0.3, 0.4) is 0 Å². The van der Waals surface area contributed by atoms with Crippen molar-refractivity contribution in [2.24, 2.45) is 11.5 Å². The van der Waals surface area contributed by atoms with E-state index in [1.165, 1.54) is 11.8 Å². The van der Waals surface area contributed by atoms with Crippen molar-refractivity contribution in [1.82, 2.24) is 9.97 Å². The maximum absolute atomic E-state index is 11.6. The number of rotatable bonds is 4. The van der Waals surface area contributed by atoms with E-state index in [1.807, 2.05) is 23.1 Å². The number of anilines is 2. The summed E-state index contributed by atoms with van der Waals surface area (Å²) in [4.78, 5) is 21.9. The number of carbonyl (C=O) groups excluding carboxylic acids is 1. The molecule has 6 nitrogen and oxygen atoms in total. The molecule has 1 atom stereocenters. The fourth-order valence-corrected chi connectivity index (χ4v) is 2.85. The van der Waals surface area contributed by atoms with Crippen molar-refractivity contribution in [1.29, 1.82) is 0 Å². The maximum Gasteiger partial charge on any atom is 0.271 e. The van der Waals surface area contributed by atoms with Gasteiger partial charge in [0.05, 0.1) is 0 Å². The lowest BCUT2D eigenvalue weighted by Crippen LogP contribution is -2.24. The predicted octanol–water partition coefficient (Wildman–Crippen LogP) is 1.16. The number of amides is 1. The van der Waals surface area contributed by atoms with E-state index >= 15 is 0 Å². The smallest absolute Gasteiger partial charge is 0.271 e. The van der Waals surface area contributed by atoms with Gasteiger partial charge in [0.2, 0.25) is 0 Å². The third kappa shape index (κ3) is 2.34. The molecule has 21 heavy (non-hydrogen) atoms. The largest absolute Gasteiger partial charge is 0.364 e. The lowest BCUT2D eigenvalue weighted by atomic mass is 9.98. The fraction of sp³-hybridized carbons (Fsp3) is 0.267. The van der Waals surface area contributed by atoms with Crippen molar-refractivity contribution in [2.75, 3.05) is 18.0 Å². The first-order chi connectivity index (χ1) is 10.2. The Labute approximate surface area is 122 Å². The summed E-state index contributed by atoms with van der Waals surface area (Å²) in [6, 6.07) is 8.09. The Morgan fingerprint density at radius 2 is 2.05 bits per heavy atom. The molecule has 4 N–H and O–H groups in total. The first kappa shape index (κ1) is 13.5. The number of primary amides is 1. The van der Waals surface area contributed by atoms with Crippen LogP contribution in [-0.4, -0.2) is 29.0 Å². The Hall–Kier alpha value is -2.47. The molecule has 1 aliphatic rings. The van der Waals surface area contributed by atoms with Crippen molar-refractivity contribution >= 4 is 17.4 Å². The summed E-state index contributed by atoms with van der Waals surface area (Å²) in [5.41, 5.74) is 13.6. The van der Waals surface area contributed by atoms with Gasteiger partial charge in [0, 0.05) is 30.5 Å². The van der Waals surface area contributed by atoms with Gasteiger partial charge in [-0.25, -0.2) is 9.97 Å². The second kappa shape index (κ2) is 5.49. The summed E-state index contributed by atoms with van der Waals surface area (Å²) in [5.74, 6) is 0.267. The van der Waals surface area contributed by atoms with Crippen LogP contribution in [0.15, 0.2) is 36.7 Å². The van der Waals surface area contributed by atoms with Gasteiger partial charge in [0.1, 0.15) is 0 Å². The Morgan fingerprint density at radius 3 is 2.81 bits per heavy atom. The van der Waals surface area contributed by atoms with Gasteiger partial charge in [-0.1, -0.05) is 18.2 Å². The molecule has 0 saturated heterocycles. The van der Waals surface area contributed by atoms with E-state index in [0.29, 0.717) is 18.3 Å². The molecule has 0 fully saturated rings. The molecule has 1 amide bonds. The van der Waals surface area contributed by atoms with Crippen LogP contribution in [0.25, 0.3) is 0 Å². The number of fused-ring (bicyclic) bond motifs is 1. The molecule has 3 rings (SSSR count). The van der Waals surface area contributed by atoms with Gasteiger partial charge in [-0.05, 0) is 24.6 Å². The summed E-state index contributed by atoms with van der Waals surface area (Å²) >= 11 is 0. The van der Waals surface area contributed by atoms with Crippen LogP contribution in [0.4, 0.5) is 11.5 Å². The van der Waals surface area contributed by atoms with Crippen LogP contribution in [0.2, 0.25) is 0 Å². The second-order valence-corrected chi connectivity index (χ2v) is 5.04. The quantitative estimate of drug-likeness (QED) is 0.877. The van der Waals surface area contributed by atoms with Crippen molar-refractivity contribution < 1.29 is 4.79 Å². The molecule has 1 aromatic carbocycles. The summed E-state index contributed by atoms with van der Waals surface area (Å²) in [5, 5.41) is 0. The third-order valence-corrected chi connectivity index (χ3v) is 3.75. The molecule has 1 aromatic heterocycles. The second-order valence-electron chi connectivity index (χ2n) is 5.04. The van der Waals surface area contributed by atoms with Crippen molar-refractivity contribution in [3.05, 3.63) is 47.9 Å². The van der Waals surface area contributed by atoms with E-state index in [1.54, 1.807) is 6.20 Å². The molecule has 1 unspecified atom stereocenters. The number of benzene rings is 1. The molecule has 0 radical (unpaired) electrons. The lowest BCUT2D eigenvalue weighted by molar-refractivity contribution is 0.0996. The summed E-state index contributed by atoms with van der Waals surface area (Å²) in [6.45, 7) is 1.35. The van der Waals surface area contributed by atoms with Gasteiger partial charge in [0.15, 0.2) is 11.5 Å². The normalized spacial score (nSPS) is 16.8. The number of nitrogens with two attached hydrogens (primary N) is 2. The van der Waals surface area contributed by atoms with Crippen LogP contribution in [0.5, 0.6) is 0 Å². The maximum atomic E-state index is 11.6. The zero-order chi connectivity index (χ0) is 14.8. The van der Waals surface area contributed by atoms with Crippen LogP contribution < -0.4 is 16.4 Å². The molecular formula is C15H17N5O. The monoisotopic (exact) mass is 283 g/mol. The molecule has 2 aromatic rings. The van der Waals surface area contributed by atoms with E-state index in [-0.39, 0.29) is 5.69 Å². The fourth-order valence-electron chi connectivity index (χ4n) is 2.85. The third-order valence-electron chi connectivity index (χ3n) is 3.75. The van der Waals surface area contributed by atoms with Gasteiger partial charge in [-0.15, -0.1) is 0 Å². The number of hydrogen-bond donors (Lipinski definition) is 2. The number of para-hydroxylation sites is 1. The Bertz CT molecular complexity index is 673. The molecule has 0 saturated carbocycles. The average molecular weight is 283 g/mol. The molecule has 1 aliphatic heterocycles. The zero-order valence-corrected chi connectivity index (χ0v) is 11.6. The first-order valence-corrected chi connectivity index (χ1v) is 6.89. The highest BCUT2D eigenvalue weighted by Gasteiger charge is 2.31. The van der Waals surface area contributed by atoms with Gasteiger partial charge in [-0.2, -0.15) is 0 Å². The minimum absolute atomic E-state index is 0.195. The summed E-state index contributed by atoms with van der Waals surface area (Å²) in [6.07, 6.45) is 3.93. The molecule has 2 heterocycles. The minimum atomic E-state index is -0.571. The lowest BCUT2D eigenvalue weighted by Gasteiger charge is -2.20. The van der Waals surface area contributed by atoms with E-state index in [2.05, 4.69) is 16.0 Å². The van der Waals surface area contributed by atoms with Crippen LogP contribution in [0, 0.1) is 0 Å². The molecule has 108 valence electrons. The van der Waals surface area contributed by atoms with E-state index in [4.69, 9.17) is 11.5 Å². The molecule has 0 spiro atoms. The van der Waals surface area contributed by atoms with E-state index < -0.39 is 5.91 Å². The Morgan fingerprint density at radius 1 is 1.29 bits per heavy atom. The first-order valence-electron chi connectivity index (χ1n) is 6.89. The highest BCUT2D eigenvalue weighted by atomic mass is 16.1. The van der Waals surface area contributed by atoms with Crippen molar-refractivity contribution in [3.63, 3.8) is 0 Å². The zero-order valence-electron chi connectivity index (χ0n) is 11.6. The van der Waals surface area contributed by atoms with Gasteiger partial charge in [0.25, 0.3) is 5.91 Å². The Balaban J connectivity index is 2.07. The number of aromatic nitrogens is 2. The molecule has 0 bridgehead atoms. The van der Waals surface area contributed by atoms with E-state index in [0.717, 1.165) is 18.7 Å². The topological polar surface area (TPSA) is 98.1 Å². The number of carbonyl (C=O) groups is 1. The van der Waals surface area contributed by atoms with Gasteiger partial charge >= 0.3 is 0 Å². The SMILES string of the molecule is NCCC1CN(c2nccnc2C(N)=O)c2ccccc21. The van der Waals surface area contributed by atoms with E-state index in [9.17, 15) is 4.79 Å². The predicted molar refractivity (Wildman–Crippen MR) is 80.4 cm³/mol. The molecule has 0 aliphatic carbocycles. The average Bonchev–Trinajstić information content (AvgIpc) is 2.87. The number of nitrogens with zero attached hydrogens (tertiary/aromatic N) is 3. The molecular weight excluding hydrogens is 266 g/mol. The van der Waals surface area contributed by atoms with Gasteiger partial charge < -0.3 is 16.4 Å². The van der Waals surface area contributed by atoms with Crippen molar-refractivity contribution in [2.45, 2.75) is 12.3 Å². The number of hydrogen-bond acceptors (Lipinski definition) is 5. The minimum Gasteiger partial charge on any atom is -0.364 e.